The fourth-order valence-corrected chi connectivity index (χ4v) is 2.79. The Labute approximate surface area is 232 Å². The minimum Gasteiger partial charge on any atom is -0.465 e. The zero-order chi connectivity index (χ0) is 28.9. The van der Waals surface area contributed by atoms with Crippen LogP contribution >= 0.6 is 12.0 Å². The standard InChI is InChI=1S/C23H35NO4S.C4H11N5/c1-2-3-4-5-6-7-8-9-10-11-12-13-14-15-16-17-18-19-22(25)28-29-21-20-24-23(26)27;1-9(2)4(7)8-3(5)6/h3-4,6-7,9-10,12-13,15-16,24H,2,5,8,11,14,17-21H2,1H3,(H,26,27);1-2H3,(H5,5,6,7,8)/b4-3-,7-6-,10-9-,13-12-,16-15-;. The summed E-state index contributed by atoms with van der Waals surface area (Å²) < 4.78 is 4.95. The van der Waals surface area contributed by atoms with Crippen LogP contribution in [0.25, 0.3) is 0 Å². The lowest BCUT2D eigenvalue weighted by atomic mass is 10.2. The van der Waals surface area contributed by atoms with E-state index < -0.39 is 6.09 Å². The molecule has 0 unspecified atom stereocenters. The molecule has 214 valence electrons. The van der Waals surface area contributed by atoms with Crippen LogP contribution in [0.3, 0.4) is 0 Å². The van der Waals surface area contributed by atoms with Crippen molar-refractivity contribution in [2.75, 3.05) is 26.4 Å². The number of aliphatic imine (C=N–C) groups is 1. The average Bonchev–Trinajstić information content (AvgIpc) is 2.85. The molecule has 7 N–H and O–H groups in total. The minimum absolute atomic E-state index is 0.0509. The number of nitrogens with zero attached hydrogens (tertiary/aromatic N) is 2. The first-order valence-corrected chi connectivity index (χ1v) is 13.5. The number of unbranched alkanes of at least 4 members (excludes halogenated alkanes) is 1. The highest BCUT2D eigenvalue weighted by atomic mass is 32.2. The molecular weight excluding hydrogens is 504 g/mol. The number of rotatable bonds is 17. The summed E-state index contributed by atoms with van der Waals surface area (Å²) in [5.74, 6) is 0.105. The van der Waals surface area contributed by atoms with E-state index in [0.717, 1.165) is 57.0 Å². The molecule has 38 heavy (non-hydrogen) atoms. The summed E-state index contributed by atoms with van der Waals surface area (Å²) in [6.45, 7) is 2.40. The van der Waals surface area contributed by atoms with Crippen molar-refractivity contribution >= 4 is 36.0 Å². The Balaban J connectivity index is 0. The number of allylic oxidation sites excluding steroid dienone is 10. The molecule has 0 aliphatic heterocycles. The van der Waals surface area contributed by atoms with Gasteiger partial charge in [-0.15, -0.1) is 0 Å². The van der Waals surface area contributed by atoms with Gasteiger partial charge in [0.2, 0.25) is 5.96 Å². The Bertz CT molecular complexity index is 816. The molecule has 0 aliphatic carbocycles. The fourth-order valence-electron chi connectivity index (χ4n) is 2.30. The Morgan fingerprint density at radius 3 is 1.87 bits per heavy atom. The van der Waals surface area contributed by atoms with Crippen LogP contribution in [0.5, 0.6) is 0 Å². The van der Waals surface area contributed by atoms with Crippen molar-refractivity contribution in [3.05, 3.63) is 60.8 Å². The number of nitrogens with two attached hydrogens (primary N) is 2. The van der Waals surface area contributed by atoms with Crippen LogP contribution in [0.1, 0.15) is 58.3 Å². The fraction of sp³-hybridized carbons (Fsp3) is 0.481. The van der Waals surface area contributed by atoms with Gasteiger partial charge in [0.05, 0.1) is 12.0 Å². The van der Waals surface area contributed by atoms with Crippen LogP contribution < -0.4 is 16.8 Å². The molecule has 0 radical (unpaired) electrons. The Kier molecular flexibility index (Phi) is 27.1. The lowest BCUT2D eigenvalue weighted by Crippen LogP contribution is -2.28. The third-order valence-electron chi connectivity index (χ3n) is 4.18. The molecule has 0 spiro atoms. The number of hydrogen-bond acceptors (Lipinski definition) is 5. The first-order chi connectivity index (χ1) is 18.2. The van der Waals surface area contributed by atoms with Crippen molar-refractivity contribution in [3.63, 3.8) is 0 Å². The van der Waals surface area contributed by atoms with Crippen LogP contribution in [0, 0.1) is 5.41 Å². The molecule has 10 nitrogen and oxygen atoms in total. The zero-order valence-electron chi connectivity index (χ0n) is 23.0. The minimum atomic E-state index is -1.08. The SMILES string of the molecule is CC/C=C\C/C=C\C/C=C\C/C=C\C/C=C\CCCC(=O)OSCCNC(=O)O.CN(C)C(=N)N=C(N)N. The lowest BCUT2D eigenvalue weighted by Gasteiger charge is -2.07. The summed E-state index contributed by atoms with van der Waals surface area (Å²) in [7, 11) is 3.38. The van der Waals surface area contributed by atoms with Gasteiger partial charge in [0.15, 0.2) is 5.96 Å². The van der Waals surface area contributed by atoms with Crippen LogP contribution in [-0.2, 0) is 8.98 Å². The van der Waals surface area contributed by atoms with Crippen molar-refractivity contribution in [2.45, 2.75) is 58.3 Å². The van der Waals surface area contributed by atoms with Gasteiger partial charge in [-0.3, -0.25) is 10.2 Å². The predicted molar refractivity (Wildman–Crippen MR) is 160 cm³/mol. The van der Waals surface area contributed by atoms with Gasteiger partial charge in [-0.05, 0) is 44.9 Å². The van der Waals surface area contributed by atoms with E-state index in [-0.39, 0.29) is 24.4 Å². The van der Waals surface area contributed by atoms with E-state index >= 15 is 0 Å². The second-order valence-electron chi connectivity index (χ2n) is 7.86. The first-order valence-electron chi connectivity index (χ1n) is 12.6. The normalized spacial score (nSPS) is 11.2. The number of guanidine groups is 2. The summed E-state index contributed by atoms with van der Waals surface area (Å²) >= 11 is 0.978. The molecule has 0 aliphatic rings. The molecule has 0 aromatic heterocycles. The van der Waals surface area contributed by atoms with Gasteiger partial charge < -0.3 is 31.0 Å². The molecule has 0 fully saturated rings. The van der Waals surface area contributed by atoms with Crippen LogP contribution in [0.15, 0.2) is 65.8 Å². The summed E-state index contributed by atoms with van der Waals surface area (Å²) in [5, 5.41) is 17.6. The van der Waals surface area contributed by atoms with Crippen molar-refractivity contribution < 1.29 is 18.9 Å². The van der Waals surface area contributed by atoms with Gasteiger partial charge in [-0.25, -0.2) is 4.79 Å². The van der Waals surface area contributed by atoms with E-state index in [9.17, 15) is 9.59 Å². The molecule has 11 heteroatoms. The van der Waals surface area contributed by atoms with E-state index in [1.54, 1.807) is 14.1 Å². The summed E-state index contributed by atoms with van der Waals surface area (Å²) in [6, 6.07) is 0. The molecule has 0 bridgehead atoms. The molecule has 0 aromatic rings. The number of amides is 1. The van der Waals surface area contributed by atoms with Gasteiger partial charge in [0.1, 0.15) is 0 Å². The van der Waals surface area contributed by atoms with E-state index in [4.69, 9.17) is 26.2 Å². The Hall–Kier alpha value is -3.47. The second-order valence-corrected chi connectivity index (χ2v) is 8.67. The van der Waals surface area contributed by atoms with Crippen LogP contribution in [0.4, 0.5) is 4.79 Å². The smallest absolute Gasteiger partial charge is 0.404 e. The quantitative estimate of drug-likeness (QED) is 0.0546. The van der Waals surface area contributed by atoms with Gasteiger partial charge in [-0.2, -0.15) is 4.99 Å². The second kappa shape index (κ2) is 28.1. The number of carboxylic acid groups (broad SMARTS) is 1. The Morgan fingerprint density at radius 2 is 1.45 bits per heavy atom. The van der Waals surface area contributed by atoms with Gasteiger partial charge in [-0.1, -0.05) is 67.7 Å². The topological polar surface area (TPSA) is 167 Å². The third kappa shape index (κ3) is 32.5. The van der Waals surface area contributed by atoms with Gasteiger partial charge in [0.25, 0.3) is 0 Å². The van der Waals surface area contributed by atoms with Crippen molar-refractivity contribution in [1.82, 2.24) is 10.2 Å². The van der Waals surface area contributed by atoms with E-state index in [0.29, 0.717) is 12.2 Å². The highest BCUT2D eigenvalue weighted by Crippen LogP contribution is 2.07. The molecule has 0 aromatic carbocycles. The monoisotopic (exact) mass is 550 g/mol. The highest BCUT2D eigenvalue weighted by Gasteiger charge is 2.03. The molecule has 1 amide bonds. The van der Waals surface area contributed by atoms with Crippen molar-refractivity contribution in [1.29, 1.82) is 5.41 Å². The van der Waals surface area contributed by atoms with Crippen LogP contribution in [-0.4, -0.2) is 60.4 Å². The van der Waals surface area contributed by atoms with Crippen molar-refractivity contribution in [2.24, 2.45) is 16.5 Å². The maximum atomic E-state index is 11.5. The average molecular weight is 551 g/mol. The van der Waals surface area contributed by atoms with Crippen molar-refractivity contribution in [3.8, 4) is 0 Å². The number of carbonyl (C=O) groups excluding carboxylic acids is 1. The lowest BCUT2D eigenvalue weighted by molar-refractivity contribution is -0.133. The largest absolute Gasteiger partial charge is 0.465 e. The third-order valence-corrected chi connectivity index (χ3v) is 4.86. The molecule has 0 saturated heterocycles. The zero-order valence-corrected chi connectivity index (χ0v) is 23.8. The number of carbonyl (C=O) groups is 2. The summed E-state index contributed by atoms with van der Waals surface area (Å²) in [4.78, 5) is 26.7. The molecule has 0 saturated carbocycles. The molecule has 0 atom stereocenters. The molecule has 0 heterocycles. The maximum Gasteiger partial charge on any atom is 0.404 e. The molecule has 0 rings (SSSR count). The number of nitrogens with one attached hydrogen (secondary N) is 2. The van der Waals surface area contributed by atoms with E-state index in [1.165, 1.54) is 4.90 Å². The van der Waals surface area contributed by atoms with E-state index in [1.807, 2.05) is 0 Å². The number of hydrogen-bond donors (Lipinski definition) is 5. The predicted octanol–water partition coefficient (Wildman–Crippen LogP) is 5.12. The summed E-state index contributed by atoms with van der Waals surface area (Å²) in [6.07, 6.45) is 27.4. The summed E-state index contributed by atoms with van der Waals surface area (Å²) in [5.41, 5.74) is 9.98. The first kappa shape index (κ1) is 36.7. The highest BCUT2D eigenvalue weighted by molar-refractivity contribution is 7.95. The maximum absolute atomic E-state index is 11.5. The van der Waals surface area contributed by atoms with Crippen LogP contribution in [0.2, 0.25) is 0 Å². The van der Waals surface area contributed by atoms with Gasteiger partial charge >= 0.3 is 12.1 Å². The Morgan fingerprint density at radius 1 is 0.947 bits per heavy atom. The molecular formula is C27H46N6O4S. The van der Waals surface area contributed by atoms with E-state index in [2.05, 4.69) is 78.0 Å². The van der Waals surface area contributed by atoms with Gasteiger partial charge in [0, 0.05) is 32.8 Å².